The first-order chi connectivity index (χ1) is 11.8. The van der Waals surface area contributed by atoms with Crippen molar-refractivity contribution >= 4 is 29.1 Å². The summed E-state index contributed by atoms with van der Waals surface area (Å²) in [6, 6.07) is 3.15. The van der Waals surface area contributed by atoms with Gasteiger partial charge >= 0.3 is 6.18 Å². The summed E-state index contributed by atoms with van der Waals surface area (Å²) in [5, 5.41) is 4.94. The number of carbonyl (C=O) groups excluding carboxylic acids is 1. The molecule has 9 heteroatoms. The van der Waals surface area contributed by atoms with Crippen LogP contribution in [-0.2, 0) is 6.18 Å². The first kappa shape index (κ1) is 19.0. The normalized spacial score (nSPS) is 11.2. The van der Waals surface area contributed by atoms with Crippen LogP contribution in [0.2, 0.25) is 5.02 Å². The van der Waals surface area contributed by atoms with E-state index in [2.05, 4.69) is 27.5 Å². The number of anilines is 2. The van der Waals surface area contributed by atoms with Gasteiger partial charge in [0.05, 0.1) is 16.1 Å². The van der Waals surface area contributed by atoms with E-state index in [1.807, 2.05) is 0 Å². The Hall–Kier alpha value is -2.35. The lowest BCUT2D eigenvalue weighted by Crippen LogP contribution is -2.15. The Morgan fingerprint density at radius 2 is 1.92 bits per heavy atom. The molecule has 0 aliphatic heterocycles. The van der Waals surface area contributed by atoms with Crippen molar-refractivity contribution in [3.8, 4) is 0 Å². The summed E-state index contributed by atoms with van der Waals surface area (Å²) in [4.78, 5) is 20.1. The molecule has 0 fully saturated rings. The molecule has 0 atom stereocenters. The van der Waals surface area contributed by atoms with E-state index in [9.17, 15) is 18.0 Å². The second-order valence-electron chi connectivity index (χ2n) is 5.22. The van der Waals surface area contributed by atoms with Gasteiger partial charge < -0.3 is 10.6 Å². The highest BCUT2D eigenvalue weighted by atomic mass is 35.5. The standard InChI is InChI=1S/C16H16ClF3N4O/c1-2-3-6-21-15-22-8-10(9-23-15)14(25)24-11-4-5-13(17)12(7-11)16(18,19)20/h4-5,7-9H,2-3,6H2,1H3,(H,24,25)(H,21,22,23). The number of alkyl halides is 3. The Bertz CT molecular complexity index is 735. The van der Waals surface area contributed by atoms with Gasteiger partial charge in [-0.15, -0.1) is 0 Å². The maximum Gasteiger partial charge on any atom is 0.417 e. The quantitative estimate of drug-likeness (QED) is 0.726. The Morgan fingerprint density at radius 1 is 1.24 bits per heavy atom. The van der Waals surface area contributed by atoms with Crippen molar-refractivity contribution in [2.24, 2.45) is 0 Å². The van der Waals surface area contributed by atoms with E-state index >= 15 is 0 Å². The number of amides is 1. The van der Waals surface area contributed by atoms with Gasteiger partial charge in [0.25, 0.3) is 5.91 Å². The molecule has 0 aliphatic carbocycles. The Balaban J connectivity index is 2.07. The van der Waals surface area contributed by atoms with Crippen LogP contribution < -0.4 is 10.6 Å². The maximum absolute atomic E-state index is 12.8. The minimum Gasteiger partial charge on any atom is -0.354 e. The van der Waals surface area contributed by atoms with E-state index in [4.69, 9.17) is 11.6 Å². The molecular weight excluding hydrogens is 357 g/mol. The third kappa shape index (κ3) is 5.32. The predicted molar refractivity (Wildman–Crippen MR) is 89.8 cm³/mol. The van der Waals surface area contributed by atoms with Crippen LogP contribution in [-0.4, -0.2) is 22.4 Å². The molecule has 1 aromatic carbocycles. The smallest absolute Gasteiger partial charge is 0.354 e. The van der Waals surface area contributed by atoms with E-state index in [0.717, 1.165) is 25.0 Å². The van der Waals surface area contributed by atoms with Gasteiger partial charge in [-0.05, 0) is 24.6 Å². The van der Waals surface area contributed by atoms with E-state index in [0.29, 0.717) is 12.5 Å². The number of nitrogens with one attached hydrogen (secondary N) is 2. The van der Waals surface area contributed by atoms with Crippen molar-refractivity contribution in [3.05, 3.63) is 46.7 Å². The van der Waals surface area contributed by atoms with Crippen LogP contribution in [0.15, 0.2) is 30.6 Å². The summed E-state index contributed by atoms with van der Waals surface area (Å²) in [5.74, 6) is -0.230. The van der Waals surface area contributed by atoms with Crippen molar-refractivity contribution in [2.75, 3.05) is 17.2 Å². The first-order valence-corrected chi connectivity index (χ1v) is 7.93. The van der Waals surface area contributed by atoms with Crippen LogP contribution in [0, 0.1) is 0 Å². The highest BCUT2D eigenvalue weighted by molar-refractivity contribution is 6.31. The molecule has 134 valence electrons. The van der Waals surface area contributed by atoms with Crippen LogP contribution in [0.3, 0.4) is 0 Å². The molecule has 0 spiro atoms. The highest BCUT2D eigenvalue weighted by Crippen LogP contribution is 2.36. The summed E-state index contributed by atoms with van der Waals surface area (Å²) in [5.41, 5.74) is -0.907. The van der Waals surface area contributed by atoms with Gasteiger partial charge in [0.1, 0.15) is 0 Å². The minimum absolute atomic E-state index is 0.0214. The highest BCUT2D eigenvalue weighted by Gasteiger charge is 2.33. The number of benzene rings is 1. The number of rotatable bonds is 6. The van der Waals surface area contributed by atoms with Crippen LogP contribution >= 0.6 is 11.6 Å². The predicted octanol–water partition coefficient (Wildman–Crippen LogP) is 4.61. The maximum atomic E-state index is 12.8. The van der Waals surface area contributed by atoms with Gasteiger partial charge in [0.2, 0.25) is 5.95 Å². The summed E-state index contributed by atoms with van der Waals surface area (Å²) in [6.45, 7) is 2.77. The van der Waals surface area contributed by atoms with Crippen molar-refractivity contribution in [1.29, 1.82) is 0 Å². The third-order valence-corrected chi connectivity index (χ3v) is 3.59. The molecular formula is C16H16ClF3N4O. The first-order valence-electron chi connectivity index (χ1n) is 7.55. The van der Waals surface area contributed by atoms with Gasteiger partial charge in [-0.1, -0.05) is 24.9 Å². The summed E-state index contributed by atoms with van der Waals surface area (Å²) in [7, 11) is 0. The molecule has 0 saturated carbocycles. The van der Waals surface area contributed by atoms with Gasteiger partial charge in [-0.25, -0.2) is 9.97 Å². The number of unbranched alkanes of at least 4 members (excludes halogenated alkanes) is 1. The number of hydrogen-bond acceptors (Lipinski definition) is 4. The average Bonchev–Trinajstić information content (AvgIpc) is 2.56. The molecule has 5 nitrogen and oxygen atoms in total. The number of nitrogens with zero attached hydrogens (tertiary/aromatic N) is 2. The molecule has 25 heavy (non-hydrogen) atoms. The lowest BCUT2D eigenvalue weighted by atomic mass is 10.2. The van der Waals surface area contributed by atoms with Gasteiger partial charge in [-0.3, -0.25) is 4.79 Å². The van der Waals surface area contributed by atoms with Crippen LogP contribution in [0.4, 0.5) is 24.8 Å². The van der Waals surface area contributed by atoms with Crippen molar-refractivity contribution < 1.29 is 18.0 Å². The molecule has 1 amide bonds. The fourth-order valence-electron chi connectivity index (χ4n) is 1.94. The number of carbonyl (C=O) groups is 1. The van der Waals surface area contributed by atoms with E-state index in [1.165, 1.54) is 18.5 Å². The Morgan fingerprint density at radius 3 is 2.52 bits per heavy atom. The second-order valence-corrected chi connectivity index (χ2v) is 5.63. The molecule has 2 aromatic rings. The number of halogens is 4. The number of aromatic nitrogens is 2. The fourth-order valence-corrected chi connectivity index (χ4v) is 2.16. The number of hydrogen-bond donors (Lipinski definition) is 2. The zero-order valence-electron chi connectivity index (χ0n) is 13.3. The van der Waals surface area contributed by atoms with E-state index in [-0.39, 0.29) is 11.3 Å². The molecule has 0 radical (unpaired) electrons. The molecule has 0 aliphatic rings. The summed E-state index contributed by atoms with van der Waals surface area (Å²) < 4.78 is 38.5. The summed E-state index contributed by atoms with van der Waals surface area (Å²) in [6.07, 6.45) is -0.0145. The molecule has 1 aromatic heterocycles. The largest absolute Gasteiger partial charge is 0.417 e. The SMILES string of the molecule is CCCCNc1ncc(C(=O)Nc2ccc(Cl)c(C(F)(F)F)c2)cn1. The van der Waals surface area contributed by atoms with E-state index < -0.39 is 22.7 Å². The topological polar surface area (TPSA) is 66.9 Å². The molecule has 2 N–H and O–H groups in total. The lowest BCUT2D eigenvalue weighted by Gasteiger charge is -2.11. The molecule has 0 unspecified atom stereocenters. The fraction of sp³-hybridized carbons (Fsp3) is 0.312. The van der Waals surface area contributed by atoms with Crippen molar-refractivity contribution in [2.45, 2.75) is 25.9 Å². The van der Waals surface area contributed by atoms with E-state index in [1.54, 1.807) is 0 Å². The van der Waals surface area contributed by atoms with Gasteiger partial charge in [0.15, 0.2) is 0 Å². The third-order valence-electron chi connectivity index (χ3n) is 3.26. The Labute approximate surface area is 147 Å². The Kier molecular flexibility index (Phi) is 6.19. The van der Waals surface area contributed by atoms with Crippen molar-refractivity contribution in [3.63, 3.8) is 0 Å². The summed E-state index contributed by atoms with van der Waals surface area (Å²) >= 11 is 5.54. The molecule has 0 bridgehead atoms. The van der Waals surface area contributed by atoms with Crippen molar-refractivity contribution in [1.82, 2.24) is 9.97 Å². The molecule has 1 heterocycles. The minimum atomic E-state index is -4.60. The molecule has 0 saturated heterocycles. The van der Waals surface area contributed by atoms with Crippen LogP contribution in [0.25, 0.3) is 0 Å². The monoisotopic (exact) mass is 372 g/mol. The zero-order valence-corrected chi connectivity index (χ0v) is 14.1. The second kappa shape index (κ2) is 8.15. The van der Waals surface area contributed by atoms with Gasteiger partial charge in [-0.2, -0.15) is 13.2 Å². The molecule has 2 rings (SSSR count). The lowest BCUT2D eigenvalue weighted by molar-refractivity contribution is -0.137. The average molecular weight is 373 g/mol. The van der Waals surface area contributed by atoms with Gasteiger partial charge in [0, 0.05) is 24.6 Å². The van der Waals surface area contributed by atoms with Crippen LogP contribution in [0.1, 0.15) is 35.7 Å². The zero-order chi connectivity index (χ0) is 18.4. The van der Waals surface area contributed by atoms with Crippen LogP contribution in [0.5, 0.6) is 0 Å².